The highest BCUT2D eigenvalue weighted by molar-refractivity contribution is 6.04. The Hall–Kier alpha value is -1.80. The molecule has 0 radical (unpaired) electrons. The number of nitrogens with two attached hydrogens (primary N) is 1. The molecule has 16 heavy (non-hydrogen) atoms. The topological polar surface area (TPSA) is 39.2 Å². The van der Waals surface area contributed by atoms with Gasteiger partial charge in [0.05, 0.1) is 6.04 Å². The van der Waals surface area contributed by atoms with Gasteiger partial charge in [0, 0.05) is 10.8 Å². The minimum atomic E-state index is -0.0637. The molecule has 1 aromatic heterocycles. The van der Waals surface area contributed by atoms with Crippen LogP contribution in [-0.2, 0) is 0 Å². The van der Waals surface area contributed by atoms with Crippen molar-refractivity contribution in [2.45, 2.75) is 13.0 Å². The lowest BCUT2D eigenvalue weighted by atomic mass is 10.1. The minimum Gasteiger partial charge on any atom is -0.459 e. The summed E-state index contributed by atoms with van der Waals surface area (Å²) in [6.07, 6.45) is 0. The van der Waals surface area contributed by atoms with E-state index >= 15 is 0 Å². The summed E-state index contributed by atoms with van der Waals surface area (Å²) < 4.78 is 5.82. The highest BCUT2D eigenvalue weighted by atomic mass is 16.3. The van der Waals surface area contributed by atoms with Gasteiger partial charge >= 0.3 is 0 Å². The number of furan rings is 1. The maximum atomic E-state index is 5.83. The molecular formula is C14H13NO. The summed E-state index contributed by atoms with van der Waals surface area (Å²) in [5, 5.41) is 3.46. The Bertz CT molecular complexity index is 652. The SMILES string of the molecule is CC(N)c1cc2ccc3ccccc3c2o1. The van der Waals surface area contributed by atoms with Gasteiger partial charge in [-0.15, -0.1) is 0 Å². The van der Waals surface area contributed by atoms with Crippen LogP contribution in [0, 0.1) is 0 Å². The lowest BCUT2D eigenvalue weighted by Crippen LogP contribution is -2.02. The van der Waals surface area contributed by atoms with Crippen molar-refractivity contribution in [3.63, 3.8) is 0 Å². The molecular weight excluding hydrogens is 198 g/mol. The molecule has 1 unspecified atom stereocenters. The zero-order valence-corrected chi connectivity index (χ0v) is 9.10. The second kappa shape index (κ2) is 3.35. The van der Waals surface area contributed by atoms with Gasteiger partial charge in [0.2, 0.25) is 0 Å². The van der Waals surface area contributed by atoms with Gasteiger partial charge in [0.15, 0.2) is 0 Å². The van der Waals surface area contributed by atoms with Crippen LogP contribution in [0.1, 0.15) is 18.7 Å². The van der Waals surface area contributed by atoms with Crippen LogP contribution >= 0.6 is 0 Å². The van der Waals surface area contributed by atoms with Crippen molar-refractivity contribution in [3.05, 3.63) is 48.2 Å². The zero-order chi connectivity index (χ0) is 11.1. The van der Waals surface area contributed by atoms with Gasteiger partial charge in [0.1, 0.15) is 11.3 Å². The van der Waals surface area contributed by atoms with Gasteiger partial charge in [-0.3, -0.25) is 0 Å². The molecule has 0 aliphatic carbocycles. The second-order valence-corrected chi connectivity index (χ2v) is 4.14. The summed E-state index contributed by atoms with van der Waals surface area (Å²) in [6, 6.07) is 14.4. The van der Waals surface area contributed by atoms with Gasteiger partial charge in [0.25, 0.3) is 0 Å². The number of benzene rings is 2. The summed E-state index contributed by atoms with van der Waals surface area (Å²) in [4.78, 5) is 0. The Morgan fingerprint density at radius 2 is 1.81 bits per heavy atom. The third kappa shape index (κ3) is 1.31. The van der Waals surface area contributed by atoms with Crippen LogP contribution in [0.2, 0.25) is 0 Å². The van der Waals surface area contributed by atoms with E-state index in [0.29, 0.717) is 0 Å². The highest BCUT2D eigenvalue weighted by Gasteiger charge is 2.09. The number of hydrogen-bond acceptors (Lipinski definition) is 2. The van der Waals surface area contributed by atoms with Crippen LogP contribution in [0.5, 0.6) is 0 Å². The molecule has 0 bridgehead atoms. The lowest BCUT2D eigenvalue weighted by molar-refractivity contribution is 0.515. The summed E-state index contributed by atoms with van der Waals surface area (Å²) in [5.41, 5.74) is 6.76. The first-order valence-corrected chi connectivity index (χ1v) is 5.42. The monoisotopic (exact) mass is 211 g/mol. The molecule has 3 rings (SSSR count). The largest absolute Gasteiger partial charge is 0.459 e. The van der Waals surface area contributed by atoms with Crippen LogP contribution in [-0.4, -0.2) is 0 Å². The average molecular weight is 211 g/mol. The van der Waals surface area contributed by atoms with E-state index in [4.69, 9.17) is 10.2 Å². The van der Waals surface area contributed by atoms with Crippen molar-refractivity contribution in [1.29, 1.82) is 0 Å². The highest BCUT2D eigenvalue weighted by Crippen LogP contribution is 2.29. The fourth-order valence-electron chi connectivity index (χ4n) is 2.01. The molecule has 1 atom stereocenters. The van der Waals surface area contributed by atoms with Crippen LogP contribution < -0.4 is 5.73 Å². The maximum Gasteiger partial charge on any atom is 0.142 e. The fourth-order valence-corrected chi connectivity index (χ4v) is 2.01. The number of hydrogen-bond donors (Lipinski definition) is 1. The molecule has 0 amide bonds. The van der Waals surface area contributed by atoms with Crippen molar-refractivity contribution >= 4 is 21.7 Å². The molecule has 0 aliphatic heterocycles. The molecule has 3 aromatic rings. The molecule has 1 heterocycles. The first-order valence-electron chi connectivity index (χ1n) is 5.42. The molecule has 2 heteroatoms. The Morgan fingerprint density at radius 1 is 1.06 bits per heavy atom. The normalized spacial score (nSPS) is 13.4. The average Bonchev–Trinajstić information content (AvgIpc) is 2.73. The molecule has 2 aromatic carbocycles. The van der Waals surface area contributed by atoms with Gasteiger partial charge in [-0.1, -0.05) is 36.4 Å². The first kappa shape index (κ1) is 9.43. The van der Waals surface area contributed by atoms with Gasteiger partial charge in [-0.25, -0.2) is 0 Å². The smallest absolute Gasteiger partial charge is 0.142 e. The molecule has 0 saturated carbocycles. The third-order valence-electron chi connectivity index (χ3n) is 2.88. The van der Waals surface area contributed by atoms with E-state index in [1.165, 1.54) is 5.39 Å². The second-order valence-electron chi connectivity index (χ2n) is 4.14. The standard InChI is InChI=1S/C14H13NO/c1-9(15)13-8-11-7-6-10-4-2-3-5-12(10)14(11)16-13/h2-9H,15H2,1H3. The van der Waals surface area contributed by atoms with E-state index in [9.17, 15) is 0 Å². The quantitative estimate of drug-likeness (QED) is 0.667. The fraction of sp³-hybridized carbons (Fsp3) is 0.143. The Morgan fingerprint density at radius 3 is 2.62 bits per heavy atom. The molecule has 0 spiro atoms. The number of rotatable bonds is 1. The molecule has 0 saturated heterocycles. The molecule has 0 fully saturated rings. The van der Waals surface area contributed by atoms with Crippen molar-refractivity contribution in [2.75, 3.05) is 0 Å². The minimum absolute atomic E-state index is 0.0637. The van der Waals surface area contributed by atoms with E-state index in [1.807, 2.05) is 25.1 Å². The Labute approximate surface area is 93.7 Å². The van der Waals surface area contributed by atoms with E-state index < -0.39 is 0 Å². The van der Waals surface area contributed by atoms with Gasteiger partial charge in [-0.2, -0.15) is 0 Å². The van der Waals surface area contributed by atoms with E-state index in [1.54, 1.807) is 0 Å². The molecule has 80 valence electrons. The van der Waals surface area contributed by atoms with Crippen molar-refractivity contribution in [2.24, 2.45) is 5.73 Å². The Balaban J connectivity index is 2.41. The van der Waals surface area contributed by atoms with E-state index in [-0.39, 0.29) is 6.04 Å². The number of fused-ring (bicyclic) bond motifs is 3. The summed E-state index contributed by atoms with van der Waals surface area (Å²) in [6.45, 7) is 1.93. The van der Waals surface area contributed by atoms with Crippen molar-refractivity contribution < 1.29 is 4.42 Å². The molecule has 2 N–H and O–H groups in total. The zero-order valence-electron chi connectivity index (χ0n) is 9.10. The lowest BCUT2D eigenvalue weighted by Gasteiger charge is -1.98. The third-order valence-corrected chi connectivity index (χ3v) is 2.88. The predicted molar refractivity (Wildman–Crippen MR) is 66.3 cm³/mol. The van der Waals surface area contributed by atoms with Crippen LogP contribution in [0.3, 0.4) is 0 Å². The van der Waals surface area contributed by atoms with Gasteiger partial charge in [-0.05, 0) is 18.4 Å². The van der Waals surface area contributed by atoms with E-state index in [0.717, 1.165) is 22.1 Å². The van der Waals surface area contributed by atoms with Gasteiger partial charge < -0.3 is 10.2 Å². The first-order chi connectivity index (χ1) is 7.75. The van der Waals surface area contributed by atoms with Crippen LogP contribution in [0.4, 0.5) is 0 Å². The Kier molecular flexibility index (Phi) is 1.98. The summed E-state index contributed by atoms with van der Waals surface area (Å²) in [7, 11) is 0. The predicted octanol–water partition coefficient (Wildman–Crippen LogP) is 3.61. The van der Waals surface area contributed by atoms with E-state index in [2.05, 4.69) is 24.3 Å². The summed E-state index contributed by atoms with van der Waals surface area (Å²) in [5.74, 6) is 0.839. The van der Waals surface area contributed by atoms with Crippen LogP contribution in [0.25, 0.3) is 21.7 Å². The maximum absolute atomic E-state index is 5.83. The molecule has 0 aliphatic rings. The van der Waals surface area contributed by atoms with Crippen molar-refractivity contribution in [3.8, 4) is 0 Å². The van der Waals surface area contributed by atoms with Crippen LogP contribution in [0.15, 0.2) is 46.9 Å². The van der Waals surface area contributed by atoms with Crippen molar-refractivity contribution in [1.82, 2.24) is 0 Å². The summed E-state index contributed by atoms with van der Waals surface area (Å²) >= 11 is 0. The molecule has 2 nitrogen and oxygen atoms in total.